The number of aliphatic carboxylic acids is 1. The van der Waals surface area contributed by atoms with E-state index in [2.05, 4.69) is 29.3 Å². The van der Waals surface area contributed by atoms with Gasteiger partial charge in [-0.15, -0.1) is 0 Å². The second kappa shape index (κ2) is 10.6. The molecule has 0 aliphatic carbocycles. The predicted molar refractivity (Wildman–Crippen MR) is 105 cm³/mol. The summed E-state index contributed by atoms with van der Waals surface area (Å²) in [7, 11) is 4.12. The topological polar surface area (TPSA) is 94.7 Å². The van der Waals surface area contributed by atoms with Crippen molar-refractivity contribution in [2.45, 2.75) is 32.1 Å². The first kappa shape index (κ1) is 20.8. The van der Waals surface area contributed by atoms with Crippen LogP contribution in [0.4, 0.5) is 0 Å². The third-order valence-corrected chi connectivity index (χ3v) is 4.29. The molecule has 0 radical (unpaired) electrons. The summed E-state index contributed by atoms with van der Waals surface area (Å²) >= 11 is 0. The Labute approximate surface area is 159 Å². The van der Waals surface area contributed by atoms with Crippen LogP contribution >= 0.6 is 0 Å². The number of rotatable bonds is 12. The van der Waals surface area contributed by atoms with Gasteiger partial charge in [-0.1, -0.05) is 6.07 Å². The molecule has 0 unspecified atom stereocenters. The van der Waals surface area contributed by atoms with Crippen molar-refractivity contribution < 1.29 is 19.4 Å². The second-order valence-electron chi connectivity index (χ2n) is 6.85. The highest BCUT2D eigenvalue weighted by molar-refractivity contribution is 5.89. The Balaban J connectivity index is 1.77. The number of benzene rings is 1. The van der Waals surface area contributed by atoms with Crippen molar-refractivity contribution in [2.24, 2.45) is 0 Å². The highest BCUT2D eigenvalue weighted by Crippen LogP contribution is 2.29. The number of amides is 1. The molecule has 0 saturated carbocycles. The third kappa shape index (κ3) is 6.94. The molecule has 7 heteroatoms. The largest absolute Gasteiger partial charge is 0.493 e. The molecular weight excluding hydrogens is 346 g/mol. The Bertz CT molecular complexity index is 755. The van der Waals surface area contributed by atoms with Gasteiger partial charge in [0.2, 0.25) is 5.91 Å². The average molecular weight is 375 g/mol. The average Bonchev–Trinajstić information content (AvgIpc) is 3.05. The molecule has 0 aliphatic rings. The zero-order valence-corrected chi connectivity index (χ0v) is 16.1. The van der Waals surface area contributed by atoms with E-state index < -0.39 is 5.97 Å². The molecule has 0 atom stereocenters. The van der Waals surface area contributed by atoms with Crippen molar-refractivity contribution in [3.05, 3.63) is 30.0 Å². The quantitative estimate of drug-likeness (QED) is 0.495. The summed E-state index contributed by atoms with van der Waals surface area (Å²) in [4.78, 5) is 27.3. The first-order valence-corrected chi connectivity index (χ1v) is 9.32. The number of nitrogens with zero attached hydrogens (tertiary/aromatic N) is 1. The lowest BCUT2D eigenvalue weighted by molar-refractivity contribution is -0.138. The maximum Gasteiger partial charge on any atom is 0.303 e. The van der Waals surface area contributed by atoms with E-state index in [1.807, 2.05) is 24.4 Å². The van der Waals surface area contributed by atoms with Crippen LogP contribution in [0.15, 0.2) is 24.4 Å². The molecule has 27 heavy (non-hydrogen) atoms. The minimum Gasteiger partial charge on any atom is -0.493 e. The minimum atomic E-state index is -0.956. The number of aromatic nitrogens is 1. The zero-order chi connectivity index (χ0) is 19.6. The molecule has 1 aromatic carbocycles. The predicted octanol–water partition coefficient (Wildman–Crippen LogP) is 2.41. The fourth-order valence-corrected chi connectivity index (χ4v) is 2.83. The summed E-state index contributed by atoms with van der Waals surface area (Å²) in [5, 5.41) is 12.4. The SMILES string of the molecule is CN(C)CCc1c[nH]c2cccc(OCCCCNC(=O)CCC(=O)O)c12. The van der Waals surface area contributed by atoms with Gasteiger partial charge in [-0.3, -0.25) is 9.59 Å². The van der Waals surface area contributed by atoms with Crippen LogP contribution < -0.4 is 10.1 Å². The van der Waals surface area contributed by atoms with E-state index in [1.165, 1.54) is 5.56 Å². The van der Waals surface area contributed by atoms with Crippen LogP contribution in [0.3, 0.4) is 0 Å². The highest BCUT2D eigenvalue weighted by atomic mass is 16.5. The normalized spacial score (nSPS) is 11.1. The number of unbranched alkanes of at least 4 members (excludes halogenated alkanes) is 1. The van der Waals surface area contributed by atoms with Crippen LogP contribution in [0.25, 0.3) is 10.9 Å². The molecule has 0 spiro atoms. The summed E-state index contributed by atoms with van der Waals surface area (Å²) in [6.45, 7) is 2.08. The number of fused-ring (bicyclic) bond motifs is 1. The molecule has 0 bridgehead atoms. The molecular formula is C20H29N3O4. The van der Waals surface area contributed by atoms with Crippen molar-refractivity contribution in [3.8, 4) is 5.75 Å². The first-order valence-electron chi connectivity index (χ1n) is 9.32. The molecule has 2 aromatic rings. The van der Waals surface area contributed by atoms with Gasteiger partial charge in [0, 0.05) is 36.6 Å². The molecule has 0 fully saturated rings. The van der Waals surface area contributed by atoms with Gasteiger partial charge in [0.25, 0.3) is 0 Å². The van der Waals surface area contributed by atoms with Crippen molar-refractivity contribution in [2.75, 3.05) is 33.8 Å². The van der Waals surface area contributed by atoms with Crippen LogP contribution in [-0.2, 0) is 16.0 Å². The monoisotopic (exact) mass is 375 g/mol. The molecule has 7 nitrogen and oxygen atoms in total. The van der Waals surface area contributed by atoms with E-state index in [9.17, 15) is 9.59 Å². The first-order chi connectivity index (χ1) is 13.0. The molecule has 2 rings (SSSR count). The Morgan fingerprint density at radius 3 is 2.78 bits per heavy atom. The van der Waals surface area contributed by atoms with Gasteiger partial charge in [-0.2, -0.15) is 0 Å². The standard InChI is InChI=1S/C20H29N3O4/c1-23(2)12-10-15-14-22-16-6-5-7-17(20(15)16)27-13-4-3-11-21-18(24)8-9-19(25)26/h5-7,14,22H,3-4,8-13H2,1-2H3,(H,21,24)(H,25,26). The number of likely N-dealkylation sites (N-methyl/N-ethyl adjacent to an activating group) is 1. The Hall–Kier alpha value is -2.54. The van der Waals surface area contributed by atoms with Gasteiger partial charge in [-0.05, 0) is 51.1 Å². The maximum absolute atomic E-state index is 11.5. The number of nitrogens with one attached hydrogen (secondary N) is 2. The minimum absolute atomic E-state index is 0.0248. The number of carbonyl (C=O) groups excluding carboxylic acids is 1. The number of carbonyl (C=O) groups is 2. The molecule has 0 aliphatic heterocycles. The number of H-pyrrole nitrogens is 1. The Morgan fingerprint density at radius 2 is 2.04 bits per heavy atom. The fraction of sp³-hybridized carbons (Fsp3) is 0.500. The number of carboxylic acids is 1. The fourth-order valence-electron chi connectivity index (χ4n) is 2.83. The number of ether oxygens (including phenoxy) is 1. The van der Waals surface area contributed by atoms with Crippen molar-refractivity contribution in [1.82, 2.24) is 15.2 Å². The van der Waals surface area contributed by atoms with E-state index in [1.54, 1.807) is 0 Å². The Morgan fingerprint density at radius 1 is 1.22 bits per heavy atom. The van der Waals surface area contributed by atoms with Gasteiger partial charge < -0.3 is 25.0 Å². The number of hydrogen-bond donors (Lipinski definition) is 3. The van der Waals surface area contributed by atoms with Crippen molar-refractivity contribution >= 4 is 22.8 Å². The van der Waals surface area contributed by atoms with Crippen LogP contribution in [0.2, 0.25) is 0 Å². The van der Waals surface area contributed by atoms with Crippen LogP contribution in [0.1, 0.15) is 31.2 Å². The van der Waals surface area contributed by atoms with Crippen molar-refractivity contribution in [3.63, 3.8) is 0 Å². The van der Waals surface area contributed by atoms with Crippen LogP contribution in [0.5, 0.6) is 5.75 Å². The molecule has 148 valence electrons. The van der Waals surface area contributed by atoms with Crippen LogP contribution in [0, 0.1) is 0 Å². The lowest BCUT2D eigenvalue weighted by Crippen LogP contribution is -2.25. The van der Waals surface area contributed by atoms with E-state index in [-0.39, 0.29) is 18.7 Å². The molecule has 1 amide bonds. The van der Waals surface area contributed by atoms with Gasteiger partial charge in [0.15, 0.2) is 0 Å². The number of hydrogen-bond acceptors (Lipinski definition) is 4. The van der Waals surface area contributed by atoms with E-state index >= 15 is 0 Å². The lowest BCUT2D eigenvalue weighted by atomic mass is 10.1. The molecule has 3 N–H and O–H groups in total. The molecule has 1 heterocycles. The van der Waals surface area contributed by atoms with Crippen molar-refractivity contribution in [1.29, 1.82) is 0 Å². The maximum atomic E-state index is 11.5. The van der Waals surface area contributed by atoms with E-state index in [0.717, 1.165) is 42.5 Å². The summed E-state index contributed by atoms with van der Waals surface area (Å²) in [6.07, 6.45) is 4.49. The summed E-state index contributed by atoms with van der Waals surface area (Å²) in [5.74, 6) is -0.295. The van der Waals surface area contributed by atoms with Crippen LogP contribution in [-0.4, -0.2) is 60.7 Å². The van der Waals surface area contributed by atoms with Gasteiger partial charge in [-0.25, -0.2) is 0 Å². The smallest absolute Gasteiger partial charge is 0.303 e. The third-order valence-electron chi connectivity index (χ3n) is 4.29. The number of aromatic amines is 1. The molecule has 1 aromatic heterocycles. The Kier molecular flexibility index (Phi) is 8.13. The van der Waals surface area contributed by atoms with E-state index in [0.29, 0.717) is 13.2 Å². The summed E-state index contributed by atoms with van der Waals surface area (Å²) in [5.41, 5.74) is 2.33. The summed E-state index contributed by atoms with van der Waals surface area (Å²) < 4.78 is 5.99. The number of carboxylic acid groups (broad SMARTS) is 1. The van der Waals surface area contributed by atoms with Gasteiger partial charge >= 0.3 is 5.97 Å². The highest BCUT2D eigenvalue weighted by Gasteiger charge is 2.10. The second-order valence-corrected chi connectivity index (χ2v) is 6.85. The van der Waals surface area contributed by atoms with Gasteiger partial charge in [0.1, 0.15) is 5.75 Å². The zero-order valence-electron chi connectivity index (χ0n) is 16.1. The van der Waals surface area contributed by atoms with E-state index in [4.69, 9.17) is 9.84 Å². The summed E-state index contributed by atoms with van der Waals surface area (Å²) in [6, 6.07) is 6.02. The molecule has 0 saturated heterocycles. The lowest BCUT2D eigenvalue weighted by Gasteiger charge is -2.11. The van der Waals surface area contributed by atoms with Gasteiger partial charge in [0.05, 0.1) is 13.0 Å².